The Kier molecular flexibility index (Phi) is 2.64. The van der Waals surface area contributed by atoms with Crippen molar-refractivity contribution in [1.82, 2.24) is 24.0 Å². The number of rotatable bonds is 3. The molecule has 1 fully saturated rings. The molecule has 6 heteroatoms. The summed E-state index contributed by atoms with van der Waals surface area (Å²) in [5.41, 5.74) is 4.20. The quantitative estimate of drug-likeness (QED) is 0.632. The van der Waals surface area contributed by atoms with Crippen molar-refractivity contribution in [2.24, 2.45) is 0 Å². The Balaban J connectivity index is 1.55. The summed E-state index contributed by atoms with van der Waals surface area (Å²) in [5.74, 6) is 0.703. The molecule has 5 rings (SSSR count). The Bertz CT molecular complexity index is 995. The van der Waals surface area contributed by atoms with Crippen LogP contribution in [-0.4, -0.2) is 30.0 Å². The van der Waals surface area contributed by atoms with Crippen LogP contribution < -0.4 is 5.32 Å². The highest BCUT2D eigenvalue weighted by atomic mass is 15.3. The van der Waals surface area contributed by atoms with Gasteiger partial charge in [0.25, 0.3) is 0 Å². The highest BCUT2D eigenvalue weighted by molar-refractivity contribution is 5.80. The average molecular weight is 304 g/mol. The van der Waals surface area contributed by atoms with E-state index in [9.17, 15) is 0 Å². The summed E-state index contributed by atoms with van der Waals surface area (Å²) in [6.07, 6.45) is 13.4. The zero-order valence-electron chi connectivity index (χ0n) is 12.6. The molecular formula is C17H16N6. The molecule has 114 valence electrons. The molecule has 6 nitrogen and oxygen atoms in total. The maximum absolute atomic E-state index is 4.57. The monoisotopic (exact) mass is 304 g/mol. The van der Waals surface area contributed by atoms with E-state index in [-0.39, 0.29) is 0 Å². The van der Waals surface area contributed by atoms with Crippen molar-refractivity contribution in [1.29, 1.82) is 0 Å². The second kappa shape index (κ2) is 4.81. The smallest absolute Gasteiger partial charge is 0.241 e. The van der Waals surface area contributed by atoms with Crippen LogP contribution in [0.5, 0.6) is 0 Å². The number of hydrogen-bond donors (Lipinski definition) is 1. The summed E-state index contributed by atoms with van der Waals surface area (Å²) in [6, 6.07) is 6.71. The number of fused-ring (bicyclic) bond motifs is 2. The molecule has 0 spiro atoms. The first kappa shape index (κ1) is 12.6. The van der Waals surface area contributed by atoms with E-state index in [4.69, 9.17) is 0 Å². The first-order chi connectivity index (χ1) is 11.4. The fourth-order valence-corrected chi connectivity index (χ4v) is 3.03. The lowest BCUT2D eigenvalue weighted by Crippen LogP contribution is -2.28. The fraction of sp³-hybridized carbons (Fsp3) is 0.235. The van der Waals surface area contributed by atoms with Gasteiger partial charge in [-0.25, -0.2) is 14.5 Å². The lowest BCUT2D eigenvalue weighted by Gasteiger charge is -2.26. The van der Waals surface area contributed by atoms with Crippen LogP contribution in [0, 0.1) is 0 Å². The van der Waals surface area contributed by atoms with E-state index in [0.29, 0.717) is 12.0 Å². The topological polar surface area (TPSA) is 59.5 Å². The summed E-state index contributed by atoms with van der Waals surface area (Å²) in [6.45, 7) is 0. The Morgan fingerprint density at radius 3 is 2.91 bits per heavy atom. The zero-order valence-corrected chi connectivity index (χ0v) is 12.6. The third-order valence-electron chi connectivity index (χ3n) is 4.55. The van der Waals surface area contributed by atoms with Gasteiger partial charge < -0.3 is 9.72 Å². The maximum Gasteiger partial charge on any atom is 0.241 e. The van der Waals surface area contributed by atoms with Gasteiger partial charge in [0.15, 0.2) is 0 Å². The highest BCUT2D eigenvalue weighted by Crippen LogP contribution is 2.26. The van der Waals surface area contributed by atoms with Crippen LogP contribution in [0.3, 0.4) is 0 Å². The number of anilines is 1. The van der Waals surface area contributed by atoms with Gasteiger partial charge in [-0.1, -0.05) is 0 Å². The lowest BCUT2D eigenvalue weighted by molar-refractivity contribution is 0.442. The van der Waals surface area contributed by atoms with Gasteiger partial charge in [-0.05, 0) is 37.5 Å². The minimum atomic E-state index is 0.533. The van der Waals surface area contributed by atoms with Gasteiger partial charge in [-0.3, -0.25) is 0 Å². The maximum atomic E-state index is 4.57. The summed E-state index contributed by atoms with van der Waals surface area (Å²) in [4.78, 5) is 8.76. The third kappa shape index (κ3) is 2.06. The van der Waals surface area contributed by atoms with Crippen molar-refractivity contribution in [3.05, 3.63) is 49.2 Å². The first-order valence-corrected chi connectivity index (χ1v) is 7.91. The van der Waals surface area contributed by atoms with Gasteiger partial charge in [-0.15, -0.1) is 5.10 Å². The van der Waals surface area contributed by atoms with Gasteiger partial charge in [0.05, 0.1) is 11.7 Å². The van der Waals surface area contributed by atoms with Crippen LogP contribution in [0.25, 0.3) is 22.3 Å². The van der Waals surface area contributed by atoms with E-state index in [1.165, 1.54) is 19.3 Å². The normalized spacial score (nSPS) is 15.1. The van der Waals surface area contributed by atoms with Crippen LogP contribution in [0.15, 0.2) is 49.2 Å². The van der Waals surface area contributed by atoms with Gasteiger partial charge >= 0.3 is 0 Å². The number of imidazole rings is 1. The third-order valence-corrected chi connectivity index (χ3v) is 4.55. The summed E-state index contributed by atoms with van der Waals surface area (Å²) >= 11 is 0. The van der Waals surface area contributed by atoms with Crippen molar-refractivity contribution < 1.29 is 0 Å². The van der Waals surface area contributed by atoms with E-state index < -0.39 is 0 Å². The number of nitrogens with one attached hydrogen (secondary N) is 1. The lowest BCUT2D eigenvalue weighted by atomic mass is 9.93. The number of nitrogens with zero attached hydrogens (tertiary/aromatic N) is 5. The number of hydrogen-bond acceptors (Lipinski definition) is 4. The Morgan fingerprint density at radius 1 is 1.09 bits per heavy atom. The second-order valence-electron chi connectivity index (χ2n) is 6.02. The molecule has 0 bridgehead atoms. The molecule has 1 N–H and O–H groups in total. The van der Waals surface area contributed by atoms with Crippen molar-refractivity contribution in [3.8, 4) is 11.1 Å². The Labute approximate surface area is 132 Å². The molecule has 1 saturated carbocycles. The highest BCUT2D eigenvalue weighted by Gasteiger charge is 2.18. The molecule has 23 heavy (non-hydrogen) atoms. The van der Waals surface area contributed by atoms with Crippen molar-refractivity contribution in [2.75, 3.05) is 5.32 Å². The molecule has 4 heterocycles. The molecular weight excluding hydrogens is 288 g/mol. The van der Waals surface area contributed by atoms with Crippen molar-refractivity contribution in [3.63, 3.8) is 0 Å². The standard InChI is InChI=1S/C17H16N6/c1-2-13(3-1)20-17-19-10-15-14(6-8-23(15)21-17)12-4-5-16-18-7-9-22(16)11-12/h4-11,13H,1-3H2,(H,20,21). The molecule has 0 aromatic carbocycles. The minimum Gasteiger partial charge on any atom is -0.350 e. The number of aromatic nitrogens is 5. The van der Waals surface area contributed by atoms with Crippen LogP contribution in [-0.2, 0) is 0 Å². The molecule has 0 radical (unpaired) electrons. The van der Waals surface area contributed by atoms with E-state index in [1.54, 1.807) is 6.20 Å². The molecule has 0 unspecified atom stereocenters. The number of pyridine rings is 1. The zero-order chi connectivity index (χ0) is 15.2. The SMILES string of the molecule is c1cn2cc(-c3ccn4nc(NC5CCC5)ncc34)ccc2n1. The largest absolute Gasteiger partial charge is 0.350 e. The van der Waals surface area contributed by atoms with Gasteiger partial charge in [0.2, 0.25) is 5.95 Å². The van der Waals surface area contributed by atoms with Gasteiger partial charge in [0, 0.05) is 42.0 Å². The van der Waals surface area contributed by atoms with E-state index in [1.807, 2.05) is 33.6 Å². The van der Waals surface area contributed by atoms with E-state index in [2.05, 4.69) is 38.7 Å². The molecule has 4 aromatic rings. The molecule has 0 atom stereocenters. The molecule has 0 amide bonds. The summed E-state index contributed by atoms with van der Waals surface area (Å²) < 4.78 is 3.91. The predicted octanol–water partition coefficient (Wildman–Crippen LogP) is 3.01. The predicted molar refractivity (Wildman–Crippen MR) is 88.4 cm³/mol. The molecule has 1 aliphatic carbocycles. The van der Waals surface area contributed by atoms with Crippen LogP contribution >= 0.6 is 0 Å². The van der Waals surface area contributed by atoms with Crippen molar-refractivity contribution >= 4 is 17.1 Å². The fourth-order valence-electron chi connectivity index (χ4n) is 3.03. The summed E-state index contributed by atoms with van der Waals surface area (Å²) in [7, 11) is 0. The van der Waals surface area contributed by atoms with Crippen LogP contribution in [0.2, 0.25) is 0 Å². The van der Waals surface area contributed by atoms with Crippen LogP contribution in [0.4, 0.5) is 5.95 Å². The average Bonchev–Trinajstić information content (AvgIpc) is 3.16. The van der Waals surface area contributed by atoms with E-state index in [0.717, 1.165) is 22.3 Å². The summed E-state index contributed by atoms with van der Waals surface area (Å²) in [5, 5.41) is 7.96. The van der Waals surface area contributed by atoms with Gasteiger partial charge in [-0.2, -0.15) is 0 Å². The first-order valence-electron chi connectivity index (χ1n) is 7.91. The molecule has 0 saturated heterocycles. The van der Waals surface area contributed by atoms with E-state index >= 15 is 0 Å². The van der Waals surface area contributed by atoms with Crippen molar-refractivity contribution in [2.45, 2.75) is 25.3 Å². The Morgan fingerprint density at radius 2 is 2.04 bits per heavy atom. The molecule has 1 aliphatic rings. The second-order valence-corrected chi connectivity index (χ2v) is 6.02. The minimum absolute atomic E-state index is 0.533. The molecule has 4 aromatic heterocycles. The van der Waals surface area contributed by atoms with Gasteiger partial charge in [0.1, 0.15) is 5.65 Å². The molecule has 0 aliphatic heterocycles. The Hall–Kier alpha value is -2.89. The van der Waals surface area contributed by atoms with Crippen LogP contribution in [0.1, 0.15) is 19.3 Å².